The second-order valence-corrected chi connectivity index (χ2v) is 6.30. The zero-order valence-electron chi connectivity index (χ0n) is 12.3. The Bertz CT molecular complexity index is 439. The fraction of sp³-hybridized carbons (Fsp3) is 0.562. The van der Waals surface area contributed by atoms with Crippen LogP contribution in [0.4, 0.5) is 0 Å². The van der Waals surface area contributed by atoms with Gasteiger partial charge in [-0.15, -0.1) is 12.4 Å². The normalized spacial score (nSPS) is 17.4. The summed E-state index contributed by atoms with van der Waals surface area (Å²) < 4.78 is 0. The van der Waals surface area contributed by atoms with E-state index in [4.69, 9.17) is 5.73 Å². The molecule has 20 heavy (non-hydrogen) atoms. The van der Waals surface area contributed by atoms with Crippen LogP contribution >= 0.6 is 12.4 Å². The van der Waals surface area contributed by atoms with Crippen LogP contribution in [0.1, 0.15) is 45.1 Å². The summed E-state index contributed by atoms with van der Waals surface area (Å²) in [7, 11) is 0. The molecular formula is C16H25ClN2O. The molecule has 0 aliphatic heterocycles. The van der Waals surface area contributed by atoms with E-state index in [9.17, 15) is 4.79 Å². The van der Waals surface area contributed by atoms with Gasteiger partial charge in [0.15, 0.2) is 0 Å². The highest BCUT2D eigenvalue weighted by Gasteiger charge is 2.37. The Hall–Kier alpha value is -1.06. The van der Waals surface area contributed by atoms with E-state index in [-0.39, 0.29) is 23.7 Å². The number of carbonyl (C=O) groups is 1. The van der Waals surface area contributed by atoms with E-state index in [0.29, 0.717) is 6.54 Å². The van der Waals surface area contributed by atoms with E-state index in [1.54, 1.807) is 0 Å². The van der Waals surface area contributed by atoms with Crippen LogP contribution in [0, 0.1) is 0 Å². The van der Waals surface area contributed by atoms with Gasteiger partial charge >= 0.3 is 0 Å². The van der Waals surface area contributed by atoms with E-state index in [1.165, 1.54) is 5.56 Å². The summed E-state index contributed by atoms with van der Waals surface area (Å²) in [6.07, 6.45) is 3.74. The highest BCUT2D eigenvalue weighted by molar-refractivity contribution is 5.86. The molecule has 1 amide bonds. The fourth-order valence-corrected chi connectivity index (χ4v) is 2.70. The number of hydrogen-bond acceptors (Lipinski definition) is 2. The van der Waals surface area contributed by atoms with Crippen molar-refractivity contribution >= 4 is 18.3 Å². The molecule has 0 unspecified atom stereocenters. The molecule has 3 nitrogen and oxygen atoms in total. The molecular weight excluding hydrogens is 272 g/mol. The maximum Gasteiger partial charge on any atom is 0.240 e. The third-order valence-corrected chi connectivity index (χ3v) is 4.19. The predicted octanol–water partition coefficient (Wildman–Crippen LogP) is 2.77. The van der Waals surface area contributed by atoms with Crippen molar-refractivity contribution in [1.29, 1.82) is 0 Å². The van der Waals surface area contributed by atoms with E-state index in [0.717, 1.165) is 25.7 Å². The first-order valence-corrected chi connectivity index (χ1v) is 7.07. The number of carbonyl (C=O) groups excluding carboxylic acids is 1. The molecule has 1 aromatic carbocycles. The molecule has 0 aromatic heterocycles. The smallest absolute Gasteiger partial charge is 0.240 e. The molecule has 3 N–H and O–H groups in total. The predicted molar refractivity (Wildman–Crippen MR) is 85.1 cm³/mol. The summed E-state index contributed by atoms with van der Waals surface area (Å²) in [6.45, 7) is 4.90. The number of hydrogen-bond donors (Lipinski definition) is 2. The molecule has 0 saturated heterocycles. The fourth-order valence-electron chi connectivity index (χ4n) is 2.70. The summed E-state index contributed by atoms with van der Waals surface area (Å²) in [6, 6.07) is 10.3. The Balaban J connectivity index is 0.00000200. The molecule has 1 fully saturated rings. The van der Waals surface area contributed by atoms with Gasteiger partial charge in [-0.1, -0.05) is 57.0 Å². The third kappa shape index (κ3) is 3.74. The lowest BCUT2D eigenvalue weighted by Crippen LogP contribution is -2.53. The Morgan fingerprint density at radius 3 is 2.35 bits per heavy atom. The van der Waals surface area contributed by atoms with Gasteiger partial charge in [0.2, 0.25) is 5.91 Å². The lowest BCUT2D eigenvalue weighted by atomic mass is 9.84. The second-order valence-electron chi connectivity index (χ2n) is 6.30. The minimum atomic E-state index is -0.632. The largest absolute Gasteiger partial charge is 0.354 e. The van der Waals surface area contributed by atoms with Crippen LogP contribution in [0.15, 0.2) is 30.3 Å². The van der Waals surface area contributed by atoms with Gasteiger partial charge in [-0.2, -0.15) is 0 Å². The minimum absolute atomic E-state index is 0. The number of rotatable bonds is 4. The molecule has 0 heterocycles. The zero-order chi connectivity index (χ0) is 13.9. The number of nitrogens with two attached hydrogens (primary N) is 1. The summed E-state index contributed by atoms with van der Waals surface area (Å²) >= 11 is 0. The Kier molecular flexibility index (Phi) is 5.60. The summed E-state index contributed by atoms with van der Waals surface area (Å²) in [5, 5.41) is 3.04. The first-order chi connectivity index (χ1) is 8.94. The summed E-state index contributed by atoms with van der Waals surface area (Å²) in [5.74, 6) is 0.00834. The van der Waals surface area contributed by atoms with Crippen molar-refractivity contribution in [3.63, 3.8) is 0 Å². The lowest BCUT2D eigenvalue weighted by molar-refractivity contribution is -0.126. The second kappa shape index (κ2) is 6.59. The van der Waals surface area contributed by atoms with E-state index in [2.05, 4.69) is 31.3 Å². The van der Waals surface area contributed by atoms with Crippen molar-refractivity contribution in [1.82, 2.24) is 5.32 Å². The number of amides is 1. The molecule has 2 rings (SSSR count). The van der Waals surface area contributed by atoms with Crippen molar-refractivity contribution in [3.8, 4) is 0 Å². The van der Waals surface area contributed by atoms with Crippen LogP contribution in [0.25, 0.3) is 0 Å². The minimum Gasteiger partial charge on any atom is -0.354 e. The van der Waals surface area contributed by atoms with Gasteiger partial charge in [0, 0.05) is 12.0 Å². The molecule has 1 aromatic rings. The molecule has 0 atom stereocenters. The molecule has 0 radical (unpaired) electrons. The SMILES string of the molecule is CC(C)(CNC(=O)C1(N)CCCC1)c1ccccc1.Cl. The van der Waals surface area contributed by atoms with E-state index in [1.807, 2.05) is 18.2 Å². The van der Waals surface area contributed by atoms with Crippen LogP contribution in [-0.2, 0) is 10.2 Å². The standard InChI is InChI=1S/C16H24N2O.ClH/c1-15(2,13-8-4-3-5-9-13)12-18-14(19)16(17)10-6-7-11-16;/h3-5,8-9H,6-7,10-12,17H2,1-2H3,(H,18,19);1H. The maximum atomic E-state index is 12.2. The Morgan fingerprint density at radius 1 is 1.25 bits per heavy atom. The lowest BCUT2D eigenvalue weighted by Gasteiger charge is -2.29. The number of nitrogens with one attached hydrogen (secondary N) is 1. The summed E-state index contributed by atoms with van der Waals surface area (Å²) in [5.41, 5.74) is 6.68. The molecule has 1 saturated carbocycles. The zero-order valence-corrected chi connectivity index (χ0v) is 13.1. The first-order valence-electron chi connectivity index (χ1n) is 7.07. The monoisotopic (exact) mass is 296 g/mol. The molecule has 1 aliphatic rings. The number of halogens is 1. The van der Waals surface area contributed by atoms with Crippen molar-refractivity contribution in [3.05, 3.63) is 35.9 Å². The van der Waals surface area contributed by atoms with Gasteiger partial charge in [0.05, 0.1) is 5.54 Å². The molecule has 112 valence electrons. The van der Waals surface area contributed by atoms with Gasteiger partial charge in [-0.3, -0.25) is 4.79 Å². The highest BCUT2D eigenvalue weighted by Crippen LogP contribution is 2.28. The molecule has 0 spiro atoms. The quantitative estimate of drug-likeness (QED) is 0.897. The van der Waals surface area contributed by atoms with Gasteiger partial charge in [0.25, 0.3) is 0 Å². The third-order valence-electron chi connectivity index (χ3n) is 4.19. The Labute approximate surface area is 127 Å². The van der Waals surface area contributed by atoms with Gasteiger partial charge in [-0.25, -0.2) is 0 Å². The van der Waals surface area contributed by atoms with E-state index < -0.39 is 5.54 Å². The van der Waals surface area contributed by atoms with Crippen LogP contribution in [0.2, 0.25) is 0 Å². The highest BCUT2D eigenvalue weighted by atomic mass is 35.5. The average Bonchev–Trinajstić information content (AvgIpc) is 2.85. The molecule has 1 aliphatic carbocycles. The Morgan fingerprint density at radius 2 is 1.80 bits per heavy atom. The maximum absolute atomic E-state index is 12.2. The number of benzene rings is 1. The van der Waals surface area contributed by atoms with Crippen LogP contribution in [0.5, 0.6) is 0 Å². The average molecular weight is 297 g/mol. The topological polar surface area (TPSA) is 55.1 Å². The van der Waals surface area contributed by atoms with Gasteiger partial charge in [-0.05, 0) is 18.4 Å². The van der Waals surface area contributed by atoms with Crippen LogP contribution in [-0.4, -0.2) is 18.0 Å². The van der Waals surface area contributed by atoms with Gasteiger partial charge in [0.1, 0.15) is 0 Å². The van der Waals surface area contributed by atoms with Crippen molar-refractivity contribution in [2.45, 2.75) is 50.5 Å². The summed E-state index contributed by atoms with van der Waals surface area (Å²) in [4.78, 5) is 12.2. The molecule has 0 bridgehead atoms. The van der Waals surface area contributed by atoms with Crippen LogP contribution in [0.3, 0.4) is 0 Å². The van der Waals surface area contributed by atoms with Gasteiger partial charge < -0.3 is 11.1 Å². The van der Waals surface area contributed by atoms with Crippen molar-refractivity contribution in [2.75, 3.05) is 6.54 Å². The van der Waals surface area contributed by atoms with Crippen molar-refractivity contribution in [2.24, 2.45) is 5.73 Å². The first kappa shape index (κ1) is 17.0. The van der Waals surface area contributed by atoms with Crippen molar-refractivity contribution < 1.29 is 4.79 Å². The van der Waals surface area contributed by atoms with Crippen LogP contribution < -0.4 is 11.1 Å². The molecule has 4 heteroatoms. The van der Waals surface area contributed by atoms with E-state index >= 15 is 0 Å².